The van der Waals surface area contributed by atoms with E-state index in [0.717, 1.165) is 6.54 Å². The largest absolute Gasteiger partial charge is 0.306 e. The van der Waals surface area contributed by atoms with E-state index in [-0.39, 0.29) is 0 Å². The maximum Gasteiger partial charge on any atom is 0.0679 e. The summed E-state index contributed by atoms with van der Waals surface area (Å²) in [4.78, 5) is 1.42. The van der Waals surface area contributed by atoms with Crippen LogP contribution in [0.2, 0.25) is 0 Å². The van der Waals surface area contributed by atoms with Gasteiger partial charge in [-0.2, -0.15) is 11.3 Å². The van der Waals surface area contributed by atoms with E-state index in [9.17, 15) is 0 Å². The van der Waals surface area contributed by atoms with Gasteiger partial charge < -0.3 is 5.32 Å². The van der Waals surface area contributed by atoms with Crippen molar-refractivity contribution in [2.45, 2.75) is 13.0 Å². The molecule has 3 heterocycles. The molecule has 3 aromatic heterocycles. The first-order chi connectivity index (χ1) is 8.38. The van der Waals surface area contributed by atoms with E-state index >= 15 is 0 Å². The molecular weight excluding hydrogens is 266 g/mol. The fourth-order valence-electron chi connectivity index (χ4n) is 1.95. The van der Waals surface area contributed by atoms with Gasteiger partial charge in [-0.25, -0.2) is 0 Å². The molecule has 0 aromatic carbocycles. The highest BCUT2D eigenvalue weighted by atomic mass is 32.1. The van der Waals surface area contributed by atoms with Crippen molar-refractivity contribution >= 4 is 43.4 Å². The molecule has 1 unspecified atom stereocenters. The Labute approximate surface area is 113 Å². The molecule has 0 amide bonds. The maximum absolute atomic E-state index is 3.57. The summed E-state index contributed by atoms with van der Waals surface area (Å²) in [5.74, 6) is 0. The number of fused-ring (bicyclic) bond motifs is 1. The van der Waals surface area contributed by atoms with Gasteiger partial charge in [-0.15, -0.1) is 22.7 Å². The molecule has 1 atom stereocenters. The average molecular weight is 279 g/mol. The zero-order chi connectivity index (χ0) is 11.7. The van der Waals surface area contributed by atoms with Crippen LogP contribution < -0.4 is 5.32 Å². The van der Waals surface area contributed by atoms with Crippen LogP contribution in [0.25, 0.3) is 9.40 Å². The van der Waals surface area contributed by atoms with E-state index in [0.29, 0.717) is 6.04 Å². The van der Waals surface area contributed by atoms with Gasteiger partial charge in [0.1, 0.15) is 0 Å². The van der Waals surface area contributed by atoms with Crippen LogP contribution in [-0.4, -0.2) is 6.54 Å². The Bertz CT molecular complexity index is 563. The second kappa shape index (κ2) is 4.90. The van der Waals surface area contributed by atoms with Gasteiger partial charge >= 0.3 is 0 Å². The van der Waals surface area contributed by atoms with E-state index in [1.165, 1.54) is 19.8 Å². The van der Waals surface area contributed by atoms with E-state index in [4.69, 9.17) is 0 Å². The van der Waals surface area contributed by atoms with Crippen molar-refractivity contribution in [1.82, 2.24) is 5.32 Å². The number of thiophene rings is 3. The lowest BCUT2D eigenvalue weighted by molar-refractivity contribution is 0.642. The maximum atomic E-state index is 3.57. The molecular formula is C13H13NS3. The van der Waals surface area contributed by atoms with Crippen LogP contribution in [0, 0.1) is 0 Å². The minimum atomic E-state index is 0.357. The molecule has 88 valence electrons. The Morgan fingerprint density at radius 2 is 2.18 bits per heavy atom. The summed E-state index contributed by atoms with van der Waals surface area (Å²) in [6.45, 7) is 3.15. The lowest BCUT2D eigenvalue weighted by atomic mass is 10.1. The van der Waals surface area contributed by atoms with Gasteiger partial charge in [-0.1, -0.05) is 6.92 Å². The summed E-state index contributed by atoms with van der Waals surface area (Å²) in [5.41, 5.74) is 1.38. The summed E-state index contributed by atoms with van der Waals surface area (Å²) in [6, 6.07) is 7.11. The predicted molar refractivity (Wildman–Crippen MR) is 79.5 cm³/mol. The van der Waals surface area contributed by atoms with Crippen LogP contribution in [0.3, 0.4) is 0 Å². The Morgan fingerprint density at radius 3 is 2.88 bits per heavy atom. The second-order valence-corrected chi connectivity index (χ2v) is 6.69. The number of nitrogens with one attached hydrogen (secondary N) is 1. The molecule has 4 heteroatoms. The third-order valence-electron chi connectivity index (χ3n) is 2.73. The standard InChI is InChI=1S/C13H13NS3/c1-2-14-13(9-3-5-15-8-9)12-7-11-10(17-12)4-6-16-11/h3-8,13-14H,2H2,1H3. The van der Waals surface area contributed by atoms with Crippen molar-refractivity contribution < 1.29 is 0 Å². The first-order valence-electron chi connectivity index (χ1n) is 5.61. The van der Waals surface area contributed by atoms with Gasteiger partial charge in [0.15, 0.2) is 0 Å². The molecule has 0 spiro atoms. The zero-order valence-corrected chi connectivity index (χ0v) is 11.9. The summed E-state index contributed by atoms with van der Waals surface area (Å²) in [6.07, 6.45) is 0. The minimum Gasteiger partial charge on any atom is -0.306 e. The van der Waals surface area contributed by atoms with E-state index < -0.39 is 0 Å². The van der Waals surface area contributed by atoms with E-state index in [1.54, 1.807) is 11.3 Å². The van der Waals surface area contributed by atoms with Gasteiger partial charge in [-0.3, -0.25) is 0 Å². The average Bonchev–Trinajstić information content (AvgIpc) is 3.01. The van der Waals surface area contributed by atoms with Crippen LogP contribution in [0.15, 0.2) is 34.3 Å². The van der Waals surface area contributed by atoms with Crippen molar-refractivity contribution in [1.29, 1.82) is 0 Å². The van der Waals surface area contributed by atoms with Crippen molar-refractivity contribution in [2.75, 3.05) is 6.54 Å². The first kappa shape index (κ1) is 11.4. The van der Waals surface area contributed by atoms with Crippen LogP contribution in [-0.2, 0) is 0 Å². The fourth-order valence-corrected chi connectivity index (χ4v) is 4.86. The summed E-state index contributed by atoms with van der Waals surface area (Å²) >= 11 is 5.49. The first-order valence-corrected chi connectivity index (χ1v) is 8.25. The summed E-state index contributed by atoms with van der Waals surface area (Å²) in [7, 11) is 0. The minimum absolute atomic E-state index is 0.357. The third kappa shape index (κ3) is 2.18. The quantitative estimate of drug-likeness (QED) is 0.728. The predicted octanol–water partition coefficient (Wildman–Crippen LogP) is 4.72. The zero-order valence-electron chi connectivity index (χ0n) is 9.47. The van der Waals surface area contributed by atoms with Crippen molar-refractivity contribution in [3.8, 4) is 0 Å². The van der Waals surface area contributed by atoms with Crippen LogP contribution in [0.1, 0.15) is 23.4 Å². The van der Waals surface area contributed by atoms with Gasteiger partial charge in [0.25, 0.3) is 0 Å². The van der Waals surface area contributed by atoms with Crippen LogP contribution in [0.4, 0.5) is 0 Å². The monoisotopic (exact) mass is 279 g/mol. The molecule has 17 heavy (non-hydrogen) atoms. The molecule has 1 nitrogen and oxygen atoms in total. The topological polar surface area (TPSA) is 12.0 Å². The smallest absolute Gasteiger partial charge is 0.0679 e. The normalized spacial score (nSPS) is 13.2. The third-order valence-corrected chi connectivity index (χ3v) is 5.59. The van der Waals surface area contributed by atoms with Gasteiger partial charge in [0, 0.05) is 14.3 Å². The summed E-state index contributed by atoms with van der Waals surface area (Å²) < 4.78 is 2.81. The second-order valence-electron chi connectivity index (χ2n) is 3.85. The van der Waals surface area contributed by atoms with Crippen molar-refractivity contribution in [3.05, 3.63) is 44.8 Å². The Hall–Kier alpha value is -0.680. The van der Waals surface area contributed by atoms with Gasteiger partial charge in [-0.05, 0) is 46.4 Å². The van der Waals surface area contributed by atoms with Gasteiger partial charge in [0.05, 0.1) is 6.04 Å². The van der Waals surface area contributed by atoms with E-state index in [1.807, 2.05) is 22.7 Å². The lowest BCUT2D eigenvalue weighted by Gasteiger charge is -2.14. The highest BCUT2D eigenvalue weighted by Gasteiger charge is 2.16. The molecule has 0 aliphatic heterocycles. The molecule has 0 aliphatic rings. The number of hydrogen-bond donors (Lipinski definition) is 1. The Morgan fingerprint density at radius 1 is 1.24 bits per heavy atom. The van der Waals surface area contributed by atoms with E-state index in [2.05, 4.69) is 46.6 Å². The van der Waals surface area contributed by atoms with Crippen molar-refractivity contribution in [3.63, 3.8) is 0 Å². The molecule has 0 saturated heterocycles. The SMILES string of the molecule is CCNC(c1ccsc1)c1cc2sccc2s1. The molecule has 0 bridgehead atoms. The molecule has 0 saturated carbocycles. The summed E-state index contributed by atoms with van der Waals surface area (Å²) in [5, 5.41) is 10.1. The molecule has 0 radical (unpaired) electrons. The molecule has 3 rings (SSSR count). The molecule has 1 N–H and O–H groups in total. The van der Waals surface area contributed by atoms with Gasteiger partial charge in [0.2, 0.25) is 0 Å². The lowest BCUT2D eigenvalue weighted by Crippen LogP contribution is -2.20. The number of rotatable bonds is 4. The van der Waals surface area contributed by atoms with Crippen LogP contribution >= 0.6 is 34.0 Å². The highest BCUT2D eigenvalue weighted by molar-refractivity contribution is 7.27. The fraction of sp³-hybridized carbons (Fsp3) is 0.231. The Kier molecular flexibility index (Phi) is 3.29. The molecule has 0 aliphatic carbocycles. The van der Waals surface area contributed by atoms with Crippen LogP contribution in [0.5, 0.6) is 0 Å². The Balaban J connectivity index is 2.01. The van der Waals surface area contributed by atoms with Crippen molar-refractivity contribution in [2.24, 2.45) is 0 Å². The highest BCUT2D eigenvalue weighted by Crippen LogP contribution is 2.36. The number of hydrogen-bond acceptors (Lipinski definition) is 4. The molecule has 3 aromatic rings. The molecule has 0 fully saturated rings.